The minimum absolute atomic E-state index is 0.0736. The van der Waals surface area contributed by atoms with Crippen LogP contribution in [0.25, 0.3) is 0 Å². The van der Waals surface area contributed by atoms with Crippen LogP contribution in [0.15, 0.2) is 46.5 Å². The first-order valence-corrected chi connectivity index (χ1v) is 5.57. The molecule has 6 nitrogen and oxygen atoms in total. The molecule has 90 valence electrons. The quantitative estimate of drug-likeness (QED) is 0.584. The van der Waals surface area contributed by atoms with Gasteiger partial charge in [-0.25, -0.2) is 5.01 Å². The van der Waals surface area contributed by atoms with E-state index in [4.69, 9.17) is 0 Å². The molecular formula is C12H10N4O2. The van der Waals surface area contributed by atoms with Crippen molar-refractivity contribution in [2.75, 3.05) is 13.1 Å². The number of nitrogens with zero attached hydrogens (tertiary/aromatic N) is 4. The van der Waals surface area contributed by atoms with Gasteiger partial charge in [-0.15, -0.1) is 0 Å². The number of fused-ring (bicyclic) bond motifs is 1. The van der Waals surface area contributed by atoms with Gasteiger partial charge in [0.15, 0.2) is 0 Å². The number of aliphatic imine (C=N–C) groups is 1. The third kappa shape index (κ3) is 1.77. The number of hydrogen-bond acceptors (Lipinski definition) is 5. The van der Waals surface area contributed by atoms with Gasteiger partial charge in [0.25, 0.3) is 5.69 Å². The van der Waals surface area contributed by atoms with Gasteiger partial charge in [0, 0.05) is 17.7 Å². The van der Waals surface area contributed by atoms with Gasteiger partial charge in [0.2, 0.25) is 0 Å². The van der Waals surface area contributed by atoms with E-state index in [9.17, 15) is 10.1 Å². The third-order valence-corrected chi connectivity index (χ3v) is 2.82. The number of allylic oxidation sites excluding steroid dienone is 1. The van der Waals surface area contributed by atoms with Crippen molar-refractivity contribution in [1.29, 1.82) is 0 Å². The molecular weight excluding hydrogens is 232 g/mol. The SMILES string of the molecule is O=[N+]([O-])c1cccc(C2=NN3CCN=C3C=C2)c1. The van der Waals surface area contributed by atoms with Crippen LogP contribution >= 0.6 is 0 Å². The minimum Gasteiger partial charge on any atom is -0.265 e. The molecule has 2 heterocycles. The zero-order valence-electron chi connectivity index (χ0n) is 9.48. The second kappa shape index (κ2) is 4.06. The topological polar surface area (TPSA) is 71.1 Å². The summed E-state index contributed by atoms with van der Waals surface area (Å²) in [6, 6.07) is 6.48. The summed E-state index contributed by atoms with van der Waals surface area (Å²) in [5.41, 5.74) is 1.54. The number of rotatable bonds is 2. The Bertz CT molecular complexity index is 604. The van der Waals surface area contributed by atoms with Crippen LogP contribution < -0.4 is 0 Å². The summed E-state index contributed by atoms with van der Waals surface area (Å²) < 4.78 is 0. The van der Waals surface area contributed by atoms with Gasteiger partial charge < -0.3 is 0 Å². The van der Waals surface area contributed by atoms with Crippen LogP contribution in [0.3, 0.4) is 0 Å². The summed E-state index contributed by atoms with van der Waals surface area (Å²) in [6.07, 6.45) is 3.72. The number of amidine groups is 1. The Kier molecular flexibility index (Phi) is 2.40. The molecule has 0 N–H and O–H groups in total. The van der Waals surface area contributed by atoms with Crippen LogP contribution in [-0.4, -0.2) is 34.6 Å². The van der Waals surface area contributed by atoms with Crippen molar-refractivity contribution in [3.05, 3.63) is 52.1 Å². The van der Waals surface area contributed by atoms with Crippen molar-refractivity contribution in [2.24, 2.45) is 10.1 Å². The van der Waals surface area contributed by atoms with Crippen LogP contribution in [0.2, 0.25) is 0 Å². The maximum absolute atomic E-state index is 10.7. The lowest BCUT2D eigenvalue weighted by Gasteiger charge is -2.17. The molecule has 3 rings (SSSR count). The van der Waals surface area contributed by atoms with E-state index in [0.717, 1.165) is 30.2 Å². The standard InChI is InChI=1S/C12H10N4O2/c17-16(18)10-3-1-2-9(8-10)11-4-5-12-13-6-7-15(12)14-11/h1-5,8H,6-7H2. The van der Waals surface area contributed by atoms with E-state index in [2.05, 4.69) is 10.1 Å². The number of hydrogen-bond donors (Lipinski definition) is 0. The molecule has 0 atom stereocenters. The Hall–Kier alpha value is -2.50. The van der Waals surface area contributed by atoms with Crippen molar-refractivity contribution < 1.29 is 4.92 Å². The predicted molar refractivity (Wildman–Crippen MR) is 67.8 cm³/mol. The number of nitro groups is 1. The average Bonchev–Trinajstić information content (AvgIpc) is 2.86. The van der Waals surface area contributed by atoms with Gasteiger partial charge in [-0.3, -0.25) is 15.1 Å². The second-order valence-electron chi connectivity index (χ2n) is 3.99. The molecule has 2 aliphatic heterocycles. The molecule has 0 aromatic heterocycles. The molecule has 0 radical (unpaired) electrons. The number of benzene rings is 1. The van der Waals surface area contributed by atoms with Gasteiger partial charge in [0.1, 0.15) is 5.84 Å². The Balaban J connectivity index is 1.96. The van der Waals surface area contributed by atoms with E-state index < -0.39 is 4.92 Å². The Morgan fingerprint density at radius 2 is 2.22 bits per heavy atom. The van der Waals surface area contributed by atoms with E-state index in [1.54, 1.807) is 6.07 Å². The molecule has 0 saturated carbocycles. The predicted octanol–water partition coefficient (Wildman–Crippen LogP) is 1.58. The smallest absolute Gasteiger partial charge is 0.265 e. The zero-order chi connectivity index (χ0) is 12.5. The van der Waals surface area contributed by atoms with Crippen molar-refractivity contribution in [1.82, 2.24) is 5.01 Å². The molecule has 0 fully saturated rings. The molecule has 0 spiro atoms. The van der Waals surface area contributed by atoms with Gasteiger partial charge in [-0.2, -0.15) is 5.10 Å². The highest BCUT2D eigenvalue weighted by atomic mass is 16.6. The molecule has 6 heteroatoms. The lowest BCUT2D eigenvalue weighted by atomic mass is 10.1. The minimum atomic E-state index is -0.403. The van der Waals surface area contributed by atoms with Gasteiger partial charge >= 0.3 is 0 Å². The van der Waals surface area contributed by atoms with Crippen LogP contribution in [0, 0.1) is 10.1 Å². The van der Waals surface area contributed by atoms with Crippen LogP contribution in [-0.2, 0) is 0 Å². The van der Waals surface area contributed by atoms with Gasteiger partial charge in [-0.05, 0) is 12.2 Å². The zero-order valence-corrected chi connectivity index (χ0v) is 9.48. The Morgan fingerprint density at radius 1 is 1.33 bits per heavy atom. The van der Waals surface area contributed by atoms with Crippen LogP contribution in [0.5, 0.6) is 0 Å². The summed E-state index contributed by atoms with van der Waals surface area (Å²) in [6.45, 7) is 1.50. The first-order chi connectivity index (χ1) is 8.74. The van der Waals surface area contributed by atoms with E-state index in [1.807, 2.05) is 23.2 Å². The fraction of sp³-hybridized carbons (Fsp3) is 0.167. The van der Waals surface area contributed by atoms with Crippen LogP contribution in [0.4, 0.5) is 5.69 Å². The maximum atomic E-state index is 10.7. The van der Waals surface area contributed by atoms with Crippen LogP contribution in [0.1, 0.15) is 5.56 Å². The normalized spacial score (nSPS) is 17.2. The highest BCUT2D eigenvalue weighted by Crippen LogP contribution is 2.17. The fourth-order valence-electron chi connectivity index (χ4n) is 1.95. The van der Waals surface area contributed by atoms with Crippen molar-refractivity contribution in [3.63, 3.8) is 0 Å². The molecule has 0 aliphatic carbocycles. The van der Waals surface area contributed by atoms with Crippen molar-refractivity contribution in [2.45, 2.75) is 0 Å². The highest BCUT2D eigenvalue weighted by molar-refractivity contribution is 6.14. The molecule has 0 bridgehead atoms. The maximum Gasteiger partial charge on any atom is 0.270 e. The molecule has 2 aliphatic rings. The Labute approximate surface area is 103 Å². The Morgan fingerprint density at radius 3 is 3.06 bits per heavy atom. The number of non-ortho nitro benzene ring substituents is 1. The van der Waals surface area contributed by atoms with Crippen molar-refractivity contribution >= 4 is 17.2 Å². The second-order valence-corrected chi connectivity index (χ2v) is 3.99. The summed E-state index contributed by atoms with van der Waals surface area (Å²) in [4.78, 5) is 14.6. The van der Waals surface area contributed by atoms with Gasteiger partial charge in [-0.1, -0.05) is 12.1 Å². The van der Waals surface area contributed by atoms with E-state index in [1.165, 1.54) is 12.1 Å². The first kappa shape index (κ1) is 10.6. The monoisotopic (exact) mass is 242 g/mol. The lowest BCUT2D eigenvalue weighted by molar-refractivity contribution is -0.384. The van der Waals surface area contributed by atoms with E-state index in [-0.39, 0.29) is 5.69 Å². The molecule has 0 unspecified atom stereocenters. The summed E-state index contributed by atoms with van der Waals surface area (Å²) >= 11 is 0. The summed E-state index contributed by atoms with van der Waals surface area (Å²) in [5.74, 6) is 0.851. The highest BCUT2D eigenvalue weighted by Gasteiger charge is 2.19. The molecule has 18 heavy (non-hydrogen) atoms. The molecule has 0 saturated heterocycles. The van der Waals surface area contributed by atoms with Gasteiger partial charge in [0.05, 0.1) is 23.7 Å². The van der Waals surface area contributed by atoms with E-state index in [0.29, 0.717) is 0 Å². The summed E-state index contributed by atoms with van der Waals surface area (Å²) in [5, 5.41) is 17.0. The molecule has 1 aromatic rings. The van der Waals surface area contributed by atoms with Crippen molar-refractivity contribution in [3.8, 4) is 0 Å². The molecule has 0 amide bonds. The first-order valence-electron chi connectivity index (χ1n) is 5.57. The molecule has 1 aromatic carbocycles. The lowest BCUT2D eigenvalue weighted by Crippen LogP contribution is -2.25. The average molecular weight is 242 g/mol. The van der Waals surface area contributed by atoms with E-state index >= 15 is 0 Å². The number of hydrazone groups is 1. The third-order valence-electron chi connectivity index (χ3n) is 2.82. The fourth-order valence-corrected chi connectivity index (χ4v) is 1.95. The largest absolute Gasteiger partial charge is 0.270 e. The number of nitro benzene ring substituents is 1. The summed E-state index contributed by atoms with van der Waals surface area (Å²) in [7, 11) is 0.